The van der Waals surface area contributed by atoms with Crippen molar-refractivity contribution in [3.05, 3.63) is 75.6 Å². The maximum absolute atomic E-state index is 14.0. The summed E-state index contributed by atoms with van der Waals surface area (Å²) in [4.78, 5) is 50.1. The number of ether oxygens (including phenoxy) is 2. The Balaban J connectivity index is 1.41. The van der Waals surface area contributed by atoms with Gasteiger partial charge in [-0.05, 0) is 75.9 Å². The molecule has 0 aromatic heterocycles. The van der Waals surface area contributed by atoms with Crippen LogP contribution in [0.4, 0.5) is 5.69 Å². The van der Waals surface area contributed by atoms with Gasteiger partial charge in [0, 0.05) is 40.1 Å². The number of phenols is 1. The minimum Gasteiger partial charge on any atom is -0.504 e. The second-order valence-electron chi connectivity index (χ2n) is 12.5. The van der Waals surface area contributed by atoms with Gasteiger partial charge >= 0.3 is 0 Å². The zero-order chi connectivity index (χ0) is 34.4. The number of hydrogen-bond acceptors (Lipinski definition) is 12. The number of rotatable bonds is 8. The van der Waals surface area contributed by atoms with Gasteiger partial charge in [-0.3, -0.25) is 29.2 Å². The van der Waals surface area contributed by atoms with Crippen molar-refractivity contribution in [3.8, 4) is 17.6 Å². The van der Waals surface area contributed by atoms with Gasteiger partial charge in [0.25, 0.3) is 0 Å². The lowest BCUT2D eigenvalue weighted by molar-refractivity contribution is -0.130. The van der Waals surface area contributed by atoms with Crippen LogP contribution in [0.1, 0.15) is 43.0 Å². The van der Waals surface area contributed by atoms with Gasteiger partial charge in [0.15, 0.2) is 23.0 Å². The number of nitrogens with zero attached hydrogens (tertiary/aromatic N) is 4. The van der Waals surface area contributed by atoms with Gasteiger partial charge in [-0.1, -0.05) is 24.3 Å². The summed E-state index contributed by atoms with van der Waals surface area (Å²) in [5.74, 6) is -1.07. The number of allylic oxidation sites excluding steroid dienone is 2. The number of benzene rings is 2. The number of nitriles is 1. The van der Waals surface area contributed by atoms with E-state index < -0.39 is 42.0 Å². The molecule has 12 nitrogen and oxygen atoms in total. The van der Waals surface area contributed by atoms with Crippen molar-refractivity contribution in [2.45, 2.75) is 70.0 Å². The summed E-state index contributed by atoms with van der Waals surface area (Å²) in [6.07, 6.45) is -0.574. The molecule has 2 bridgehead atoms. The number of para-hydroxylation sites is 1. The fourth-order valence-electron chi connectivity index (χ4n) is 7.66. The molecular weight excluding hydrogens is 632 g/mol. The third-order valence-corrected chi connectivity index (χ3v) is 10.5. The Morgan fingerprint density at radius 1 is 1.15 bits per heavy atom. The Bertz CT molecular complexity index is 1820. The molecule has 3 aliphatic heterocycles. The smallest absolute Gasteiger partial charge is 0.246 e. The molecule has 3 heterocycles. The molecule has 0 spiro atoms. The number of Topliss-reactive ketones (excluding diaryl/α,β-unsaturated/α-hetero) is 2. The monoisotopic (exact) mass is 670 g/mol. The van der Waals surface area contributed by atoms with E-state index in [1.807, 2.05) is 55.3 Å². The lowest BCUT2D eigenvalue weighted by atomic mass is 9.71. The van der Waals surface area contributed by atoms with E-state index in [2.05, 4.69) is 26.0 Å². The van der Waals surface area contributed by atoms with Crippen LogP contribution in [0.25, 0.3) is 0 Å². The predicted molar refractivity (Wildman–Crippen MR) is 181 cm³/mol. The van der Waals surface area contributed by atoms with Gasteiger partial charge in [-0.2, -0.15) is 5.26 Å². The topological polar surface area (TPSA) is 157 Å². The zero-order valence-corrected chi connectivity index (χ0v) is 28.4. The highest BCUT2D eigenvalue weighted by molar-refractivity contribution is 8.13. The average molecular weight is 671 g/mol. The predicted octanol–water partition coefficient (Wildman–Crippen LogP) is 3.58. The van der Waals surface area contributed by atoms with Gasteiger partial charge in [-0.15, -0.1) is 0 Å². The Morgan fingerprint density at radius 3 is 2.54 bits per heavy atom. The number of piperazine rings is 1. The van der Waals surface area contributed by atoms with Crippen LogP contribution in [0.15, 0.2) is 63.9 Å². The fourth-order valence-corrected chi connectivity index (χ4v) is 8.23. The van der Waals surface area contributed by atoms with Crippen molar-refractivity contribution in [2.75, 3.05) is 26.0 Å². The highest BCUT2D eigenvalue weighted by Crippen LogP contribution is 2.53. The number of hydrogen-bond donors (Lipinski definition) is 3. The van der Waals surface area contributed by atoms with Crippen molar-refractivity contribution in [3.63, 3.8) is 0 Å². The van der Waals surface area contributed by atoms with Crippen LogP contribution >= 0.6 is 11.9 Å². The van der Waals surface area contributed by atoms with Crippen LogP contribution in [0.5, 0.6) is 11.5 Å². The van der Waals surface area contributed by atoms with Crippen LogP contribution in [-0.4, -0.2) is 89.5 Å². The summed E-state index contributed by atoms with van der Waals surface area (Å²) in [7, 11) is 4.74. The Morgan fingerprint density at radius 2 is 1.88 bits per heavy atom. The van der Waals surface area contributed by atoms with Crippen molar-refractivity contribution in [1.29, 1.82) is 5.26 Å². The molecule has 1 fully saturated rings. The lowest BCUT2D eigenvalue weighted by Crippen LogP contribution is -2.72. The summed E-state index contributed by atoms with van der Waals surface area (Å²) >= 11 is 1.21. The number of carbonyl (C=O) groups is 3. The summed E-state index contributed by atoms with van der Waals surface area (Å²) in [6.45, 7) is 5.04. The number of ketones is 2. The van der Waals surface area contributed by atoms with Crippen molar-refractivity contribution in [1.82, 2.24) is 15.1 Å². The van der Waals surface area contributed by atoms with Gasteiger partial charge in [0.1, 0.15) is 18.2 Å². The van der Waals surface area contributed by atoms with Crippen LogP contribution in [0, 0.1) is 18.3 Å². The van der Waals surface area contributed by atoms with Crippen LogP contribution < -0.4 is 14.8 Å². The molecular formula is C35H38N6O6S. The molecule has 6 atom stereocenters. The average Bonchev–Trinajstić information content (AvgIpc) is 3.07. The number of likely N-dealkylation sites (N-methyl/N-ethyl adjacent to an activating group) is 1. The summed E-state index contributed by atoms with van der Waals surface area (Å²) in [5.41, 5.74) is 5.26. The van der Waals surface area contributed by atoms with Gasteiger partial charge in [0.2, 0.25) is 11.7 Å². The number of amides is 1. The first-order chi connectivity index (χ1) is 23.0. The molecule has 2 unspecified atom stereocenters. The molecule has 2 aromatic carbocycles. The molecule has 1 aliphatic carbocycles. The van der Waals surface area contributed by atoms with E-state index in [1.165, 1.54) is 31.7 Å². The summed E-state index contributed by atoms with van der Waals surface area (Å²) in [6, 6.07) is 10.9. The molecule has 2 aromatic rings. The van der Waals surface area contributed by atoms with E-state index in [4.69, 9.17) is 9.47 Å². The van der Waals surface area contributed by atoms with Crippen molar-refractivity contribution < 1.29 is 29.0 Å². The van der Waals surface area contributed by atoms with Gasteiger partial charge in [-0.25, -0.2) is 0 Å². The second kappa shape index (κ2) is 13.1. The normalized spacial score (nSPS) is 26.0. The molecule has 250 valence electrons. The number of anilines is 1. The van der Waals surface area contributed by atoms with Crippen LogP contribution in [0.2, 0.25) is 0 Å². The number of phenolic OH excluding ortho intramolecular Hbond substituents is 1. The molecule has 1 amide bonds. The molecule has 13 heteroatoms. The Labute approximate surface area is 283 Å². The molecule has 0 radical (unpaired) electrons. The van der Waals surface area contributed by atoms with Crippen molar-refractivity contribution in [2.24, 2.45) is 4.99 Å². The van der Waals surface area contributed by atoms with E-state index in [0.717, 1.165) is 16.8 Å². The first kappa shape index (κ1) is 33.3. The maximum atomic E-state index is 14.0. The SMILES string of the molecule is COC1=C(C)C(=O)C2=C(C1=O)[C@H](NC(=O)C(C)/N=C/SNc1ccccc1)N1C(C2)[C@@H]2c3c(cc(C)c(OC)c3O)C[C@H]([C@@H]1C#N)N2C. The second-order valence-corrected chi connectivity index (χ2v) is 13.1. The zero-order valence-electron chi connectivity index (χ0n) is 27.6. The highest BCUT2D eigenvalue weighted by Gasteiger charge is 2.58. The first-order valence-electron chi connectivity index (χ1n) is 15.7. The van der Waals surface area contributed by atoms with Crippen molar-refractivity contribution >= 4 is 40.7 Å². The highest BCUT2D eigenvalue weighted by atomic mass is 32.2. The Hall–Kier alpha value is -4.64. The van der Waals surface area contributed by atoms with Gasteiger partial charge < -0.3 is 24.6 Å². The third-order valence-electron chi connectivity index (χ3n) is 9.89. The molecule has 3 N–H and O–H groups in total. The van der Waals surface area contributed by atoms with E-state index in [1.54, 1.807) is 13.8 Å². The van der Waals surface area contributed by atoms with E-state index in [9.17, 15) is 24.8 Å². The number of aromatic hydroxyl groups is 1. The van der Waals surface area contributed by atoms with Gasteiger partial charge in [0.05, 0.1) is 31.9 Å². The third kappa shape index (κ3) is 5.34. The van der Waals surface area contributed by atoms with E-state index >= 15 is 0 Å². The standard InChI is InChI=1S/C35H38N6O6S/c1-17-12-20-13-23-25(15-36)41-24(28(40(23)4)26(20)30(43)32(17)46-5)14-22-27(31(44)33(47-6)18(2)29(22)42)34(41)38-35(45)19(3)37-16-48-39-21-10-8-7-9-11-21/h7-12,16,19,23-25,28,34,39,43H,13-14H2,1-6H3,(H,38,45)/b37-16+/t19?,23-,24?,25+,28-,34-/m1/s1. The number of carbonyl (C=O) groups excluding carboxylic acids is 3. The fraction of sp³-hybridized carbons (Fsp3) is 0.400. The minimum atomic E-state index is -1.13. The maximum Gasteiger partial charge on any atom is 0.246 e. The van der Waals surface area contributed by atoms with Crippen LogP contribution in [0.3, 0.4) is 0 Å². The number of nitrogens with one attached hydrogen (secondary N) is 2. The Kier molecular flexibility index (Phi) is 9.08. The summed E-state index contributed by atoms with van der Waals surface area (Å²) in [5, 5.41) is 25.3. The van der Waals surface area contributed by atoms with E-state index in [-0.39, 0.29) is 46.5 Å². The first-order valence-corrected chi connectivity index (χ1v) is 16.6. The van der Waals surface area contributed by atoms with E-state index in [0.29, 0.717) is 17.7 Å². The lowest BCUT2D eigenvalue weighted by Gasteiger charge is -2.60. The van der Waals surface area contributed by atoms with Crippen LogP contribution in [-0.2, 0) is 25.5 Å². The number of fused-ring (bicyclic) bond motifs is 6. The number of aryl methyl sites for hydroxylation is 1. The quantitative estimate of drug-likeness (QED) is 0.163. The molecule has 0 saturated carbocycles. The molecule has 4 aliphatic rings. The summed E-state index contributed by atoms with van der Waals surface area (Å²) < 4.78 is 14.1. The minimum absolute atomic E-state index is 0.00637. The number of aliphatic imine (C=N–C) groups is 1. The molecule has 48 heavy (non-hydrogen) atoms. The largest absolute Gasteiger partial charge is 0.504 e. The molecule has 1 saturated heterocycles. The number of methoxy groups -OCH3 is 2. The molecule has 6 rings (SSSR count).